The average Bonchev–Trinajstić information content (AvgIpc) is 2.82. The Balaban J connectivity index is 2.08. The Labute approximate surface area is 193 Å². The number of rotatable bonds is 14. The van der Waals surface area contributed by atoms with E-state index < -0.39 is 24.1 Å². The van der Waals surface area contributed by atoms with Gasteiger partial charge in [0, 0.05) is 26.4 Å². The number of aryl methyl sites for hydroxylation is 1. The van der Waals surface area contributed by atoms with Gasteiger partial charge in [-0.05, 0) is 41.5 Å². The van der Waals surface area contributed by atoms with E-state index >= 15 is 0 Å². The second-order valence-electron chi connectivity index (χ2n) is 7.13. The van der Waals surface area contributed by atoms with Crippen LogP contribution in [0.25, 0.3) is 10.8 Å². The van der Waals surface area contributed by atoms with E-state index in [1.54, 1.807) is 0 Å². The second kappa shape index (κ2) is 13.2. The monoisotopic (exact) mass is 458 g/mol. The van der Waals surface area contributed by atoms with Gasteiger partial charge in [0.15, 0.2) is 12.2 Å². The molecule has 0 aromatic heterocycles. The minimum absolute atomic E-state index is 0.142. The van der Waals surface area contributed by atoms with Crippen LogP contribution in [0, 0.1) is 6.92 Å². The molecule has 0 heterocycles. The van der Waals surface area contributed by atoms with Crippen molar-refractivity contribution < 1.29 is 38.0 Å². The van der Waals surface area contributed by atoms with E-state index in [0.717, 1.165) is 28.5 Å². The van der Waals surface area contributed by atoms with Gasteiger partial charge in [0.05, 0.1) is 13.2 Å². The van der Waals surface area contributed by atoms with E-state index in [-0.39, 0.29) is 26.4 Å². The summed E-state index contributed by atoms with van der Waals surface area (Å²) in [5, 5.41) is 1.94. The smallest absolute Gasteiger partial charge is 0.330 e. The van der Waals surface area contributed by atoms with Crippen LogP contribution in [0.3, 0.4) is 0 Å². The first-order valence-corrected chi connectivity index (χ1v) is 10.3. The zero-order valence-electron chi connectivity index (χ0n) is 19.2. The summed E-state index contributed by atoms with van der Waals surface area (Å²) in [5.74, 6) is 0.232. The predicted molar refractivity (Wildman–Crippen MR) is 124 cm³/mol. The molecule has 2 aromatic carbocycles. The highest BCUT2D eigenvalue weighted by atomic mass is 16.6. The fourth-order valence-electron chi connectivity index (χ4n) is 3.09. The Morgan fingerprint density at radius 3 is 1.97 bits per heavy atom. The van der Waals surface area contributed by atoms with E-state index in [0.29, 0.717) is 11.5 Å². The van der Waals surface area contributed by atoms with Crippen molar-refractivity contribution in [2.24, 2.45) is 0 Å². The number of carbonyl (C=O) groups excluding carboxylic acids is 2. The van der Waals surface area contributed by atoms with Crippen molar-refractivity contribution in [1.29, 1.82) is 0 Å². The van der Waals surface area contributed by atoms with Crippen LogP contribution in [0.1, 0.15) is 5.56 Å². The number of esters is 2. The highest BCUT2D eigenvalue weighted by Gasteiger charge is 2.16. The number of methoxy groups -OCH3 is 2. The minimum atomic E-state index is -0.554. The molecule has 0 N–H and O–H groups in total. The lowest BCUT2D eigenvalue weighted by atomic mass is 10.0. The lowest BCUT2D eigenvalue weighted by Crippen LogP contribution is -2.29. The molecule has 0 bridgehead atoms. The summed E-state index contributed by atoms with van der Waals surface area (Å²) >= 11 is 0. The molecule has 8 nitrogen and oxygen atoms in total. The fraction of sp³-hybridized carbons (Fsp3) is 0.360. The normalized spacial score (nSPS) is 12.5. The van der Waals surface area contributed by atoms with E-state index in [1.807, 2.05) is 37.3 Å². The number of fused-ring (bicyclic) bond motifs is 1. The van der Waals surface area contributed by atoms with Crippen molar-refractivity contribution in [2.75, 3.05) is 40.6 Å². The van der Waals surface area contributed by atoms with E-state index in [9.17, 15) is 9.59 Å². The van der Waals surface area contributed by atoms with Gasteiger partial charge in [-0.1, -0.05) is 25.3 Å². The van der Waals surface area contributed by atoms with E-state index in [4.69, 9.17) is 28.4 Å². The summed E-state index contributed by atoms with van der Waals surface area (Å²) in [6, 6.07) is 9.41. The quantitative estimate of drug-likeness (QED) is 0.314. The number of hydrogen-bond acceptors (Lipinski definition) is 8. The molecule has 178 valence electrons. The van der Waals surface area contributed by atoms with Gasteiger partial charge in [-0.25, -0.2) is 9.59 Å². The standard InChI is InChI=1S/C25H30O8/c1-6-24(26)32-20(13-28-4)15-30-19-9-10-22-17(3)23(11-8-18(22)12-19)31-16-21(14-29-5)33-25(27)7-2/h6-12,20-21H,1-2,13-16H2,3-5H3. The Morgan fingerprint density at radius 2 is 1.42 bits per heavy atom. The molecule has 0 amide bonds. The van der Waals surface area contributed by atoms with Crippen LogP contribution in [0.4, 0.5) is 0 Å². The predicted octanol–water partition coefficient (Wildman–Crippen LogP) is 3.39. The number of carbonyl (C=O) groups is 2. The number of hydrogen-bond donors (Lipinski definition) is 0. The Morgan fingerprint density at radius 1 is 0.848 bits per heavy atom. The fourth-order valence-corrected chi connectivity index (χ4v) is 3.09. The molecular formula is C25H30O8. The summed E-state index contributed by atoms with van der Waals surface area (Å²) < 4.78 is 32.3. The molecule has 0 aliphatic heterocycles. The summed E-state index contributed by atoms with van der Waals surface area (Å²) in [5.41, 5.74) is 0.933. The average molecular weight is 459 g/mol. The first-order chi connectivity index (χ1) is 15.9. The highest BCUT2D eigenvalue weighted by molar-refractivity contribution is 5.88. The lowest BCUT2D eigenvalue weighted by molar-refractivity contribution is -0.148. The summed E-state index contributed by atoms with van der Waals surface area (Å²) in [6.45, 7) is 9.44. The third-order valence-electron chi connectivity index (χ3n) is 4.68. The van der Waals surface area contributed by atoms with Crippen LogP contribution < -0.4 is 9.47 Å². The third kappa shape index (κ3) is 7.93. The Bertz CT molecular complexity index is 968. The summed E-state index contributed by atoms with van der Waals surface area (Å²) in [4.78, 5) is 22.9. The molecule has 2 aromatic rings. The van der Waals surface area contributed by atoms with Gasteiger partial charge in [-0.3, -0.25) is 0 Å². The molecule has 0 fully saturated rings. The number of ether oxygens (including phenoxy) is 6. The van der Waals surface area contributed by atoms with Crippen LogP contribution in [-0.4, -0.2) is 64.8 Å². The van der Waals surface area contributed by atoms with Gasteiger partial charge in [0.2, 0.25) is 0 Å². The molecule has 0 saturated carbocycles. The van der Waals surface area contributed by atoms with Crippen LogP contribution in [-0.2, 0) is 28.5 Å². The molecule has 0 aliphatic rings. The Kier molecular flexibility index (Phi) is 10.4. The first-order valence-electron chi connectivity index (χ1n) is 10.3. The molecular weight excluding hydrogens is 428 g/mol. The highest BCUT2D eigenvalue weighted by Crippen LogP contribution is 2.30. The van der Waals surface area contributed by atoms with Crippen LogP contribution in [0.5, 0.6) is 11.5 Å². The summed E-state index contributed by atoms with van der Waals surface area (Å²) in [7, 11) is 3.05. The second-order valence-corrected chi connectivity index (χ2v) is 7.13. The zero-order chi connectivity index (χ0) is 24.2. The maximum Gasteiger partial charge on any atom is 0.330 e. The van der Waals surface area contributed by atoms with E-state index in [1.165, 1.54) is 14.2 Å². The van der Waals surface area contributed by atoms with Crippen LogP contribution in [0.2, 0.25) is 0 Å². The van der Waals surface area contributed by atoms with Gasteiger partial charge >= 0.3 is 11.9 Å². The molecule has 0 radical (unpaired) electrons. The minimum Gasteiger partial charge on any atom is -0.490 e. The third-order valence-corrected chi connectivity index (χ3v) is 4.68. The largest absolute Gasteiger partial charge is 0.490 e. The zero-order valence-corrected chi connectivity index (χ0v) is 19.2. The van der Waals surface area contributed by atoms with Crippen molar-refractivity contribution in [3.05, 3.63) is 61.2 Å². The van der Waals surface area contributed by atoms with Crippen molar-refractivity contribution >= 4 is 22.7 Å². The molecule has 0 aliphatic carbocycles. The lowest BCUT2D eigenvalue weighted by Gasteiger charge is -2.19. The van der Waals surface area contributed by atoms with Crippen molar-refractivity contribution in [3.63, 3.8) is 0 Å². The van der Waals surface area contributed by atoms with E-state index in [2.05, 4.69) is 13.2 Å². The van der Waals surface area contributed by atoms with Crippen molar-refractivity contribution in [1.82, 2.24) is 0 Å². The van der Waals surface area contributed by atoms with Gasteiger partial charge in [-0.15, -0.1) is 0 Å². The van der Waals surface area contributed by atoms with Crippen LogP contribution in [0.15, 0.2) is 55.6 Å². The maximum absolute atomic E-state index is 11.5. The molecule has 8 heteroatoms. The van der Waals surface area contributed by atoms with Gasteiger partial charge in [-0.2, -0.15) is 0 Å². The molecule has 33 heavy (non-hydrogen) atoms. The van der Waals surface area contributed by atoms with Crippen LogP contribution >= 0.6 is 0 Å². The molecule has 2 unspecified atom stereocenters. The van der Waals surface area contributed by atoms with Crippen molar-refractivity contribution in [2.45, 2.75) is 19.1 Å². The van der Waals surface area contributed by atoms with Gasteiger partial charge < -0.3 is 28.4 Å². The maximum atomic E-state index is 11.5. The first kappa shape index (κ1) is 25.9. The molecule has 0 saturated heterocycles. The van der Waals surface area contributed by atoms with Gasteiger partial charge in [0.25, 0.3) is 0 Å². The molecule has 2 atom stereocenters. The molecule has 2 rings (SSSR count). The number of benzene rings is 2. The Hall–Kier alpha value is -3.36. The molecule has 0 spiro atoms. The van der Waals surface area contributed by atoms with Gasteiger partial charge in [0.1, 0.15) is 24.7 Å². The SMILES string of the molecule is C=CC(=O)OC(COC)COc1ccc2c(C)c(OCC(COC)OC(=O)C=C)ccc2c1. The topological polar surface area (TPSA) is 89.5 Å². The van der Waals surface area contributed by atoms with Crippen molar-refractivity contribution in [3.8, 4) is 11.5 Å². The summed E-state index contributed by atoms with van der Waals surface area (Å²) in [6.07, 6.45) is 1.10.